The minimum atomic E-state index is 0.380. The molecular weight excluding hydrogens is 675 g/mol. The van der Waals surface area contributed by atoms with Gasteiger partial charge in [-0.3, -0.25) is 0 Å². The Hall–Kier alpha value is -1.42. The fraction of sp³-hybridized carbons (Fsp3) is 0.855. The van der Waals surface area contributed by atoms with E-state index in [2.05, 4.69) is 120 Å². The number of hydrogen-bond donors (Lipinski definition) is 1. The lowest BCUT2D eigenvalue weighted by Crippen LogP contribution is -2.61. The van der Waals surface area contributed by atoms with Gasteiger partial charge in [-0.25, -0.2) is 0 Å². The zero-order valence-corrected chi connectivity index (χ0v) is 41.4. The van der Waals surface area contributed by atoms with Crippen LogP contribution in [-0.4, -0.2) is 6.54 Å². The molecule has 4 rings (SSSR count). The van der Waals surface area contributed by atoms with E-state index >= 15 is 0 Å². The van der Waals surface area contributed by atoms with Crippen molar-refractivity contribution in [3.05, 3.63) is 36.1 Å². The van der Waals surface area contributed by atoms with Crippen LogP contribution in [0.25, 0.3) is 0 Å². The third-order valence-corrected chi connectivity index (χ3v) is 16.8. The molecule has 3 saturated carbocycles. The van der Waals surface area contributed by atoms with E-state index < -0.39 is 0 Å². The molecule has 9 atom stereocenters. The predicted molar refractivity (Wildman–Crippen MR) is 257 cm³/mol. The van der Waals surface area contributed by atoms with Crippen LogP contribution in [0, 0.1) is 69.5 Å². The highest BCUT2D eigenvalue weighted by Gasteiger charge is 2.70. The fourth-order valence-corrected chi connectivity index (χ4v) is 12.1. The van der Waals surface area contributed by atoms with E-state index in [1.807, 2.05) is 33.3 Å². The Morgan fingerprint density at radius 1 is 0.786 bits per heavy atom. The lowest BCUT2D eigenvalue weighted by Gasteiger charge is -2.69. The Kier molecular flexibility index (Phi) is 25.3. The second-order valence-corrected chi connectivity index (χ2v) is 20.6. The van der Waals surface area contributed by atoms with Gasteiger partial charge in [0.25, 0.3) is 0 Å². The largest absolute Gasteiger partial charge is 0.389 e. The third kappa shape index (κ3) is 13.6. The highest BCUT2D eigenvalue weighted by Crippen LogP contribution is 2.79. The van der Waals surface area contributed by atoms with Crippen LogP contribution < -0.4 is 5.32 Å². The van der Waals surface area contributed by atoms with Crippen molar-refractivity contribution in [3.63, 3.8) is 0 Å². The molecule has 0 aromatic heterocycles. The number of allylic oxidation sites excluding steroid dienone is 4. The van der Waals surface area contributed by atoms with Crippen molar-refractivity contribution in [2.45, 2.75) is 239 Å². The maximum absolute atomic E-state index is 4.45. The standard InChI is InChI=1S/C40H69N.C9H20.2C2H6.C2H2/c1-30(2)16-12-11-15-27-41-32(5)28-33-20-22-37(7)34(29-33)18-19-35-38(37,8)25-26-40(10)36(6,23-24-39(35,40)9)21-14-13-17-31(3)4;1-5-8(3)7-9(4)6-2;3*1-2/h18,31,33,35,41H,1,5,11-17,19-29H2,2-4,6-10H3;8-9H,5-7H2,1-4H3;2*1-2H3;1-2H/t33?,35?,36?,37?,38?,39-,40?;;;;/m0..../s1. The Balaban J connectivity index is 0.00000174. The molecule has 1 heteroatoms. The van der Waals surface area contributed by atoms with Crippen LogP contribution in [0.3, 0.4) is 0 Å². The summed E-state index contributed by atoms with van der Waals surface area (Å²) in [7, 11) is 0. The van der Waals surface area contributed by atoms with Crippen molar-refractivity contribution in [1.82, 2.24) is 5.32 Å². The summed E-state index contributed by atoms with van der Waals surface area (Å²) < 4.78 is 0. The Labute approximate surface area is 355 Å². The molecule has 1 N–H and O–H groups in total. The van der Waals surface area contributed by atoms with Crippen molar-refractivity contribution >= 4 is 0 Å². The van der Waals surface area contributed by atoms with E-state index in [0.29, 0.717) is 27.1 Å². The summed E-state index contributed by atoms with van der Waals surface area (Å²) in [6.45, 7) is 47.4. The van der Waals surface area contributed by atoms with Gasteiger partial charge in [-0.05, 0) is 153 Å². The molecule has 0 radical (unpaired) electrons. The summed E-state index contributed by atoms with van der Waals surface area (Å²) in [4.78, 5) is 0. The molecule has 4 aliphatic carbocycles. The van der Waals surface area contributed by atoms with Crippen LogP contribution in [0.1, 0.15) is 239 Å². The van der Waals surface area contributed by atoms with Crippen LogP contribution in [0.2, 0.25) is 0 Å². The van der Waals surface area contributed by atoms with Crippen LogP contribution in [0.4, 0.5) is 0 Å². The topological polar surface area (TPSA) is 12.0 Å². The van der Waals surface area contributed by atoms with Gasteiger partial charge in [-0.2, -0.15) is 0 Å². The molecule has 0 aliphatic heterocycles. The molecule has 0 saturated heterocycles. The number of unbranched alkanes of at least 4 members (excludes halogenated alkanes) is 3. The molecule has 8 unspecified atom stereocenters. The summed E-state index contributed by atoms with van der Waals surface area (Å²) in [5.74, 6) is 4.30. The van der Waals surface area contributed by atoms with E-state index in [4.69, 9.17) is 0 Å². The Morgan fingerprint density at radius 3 is 1.93 bits per heavy atom. The van der Waals surface area contributed by atoms with E-state index in [1.165, 1.54) is 133 Å². The van der Waals surface area contributed by atoms with E-state index in [1.54, 1.807) is 0 Å². The Morgan fingerprint density at radius 2 is 1.38 bits per heavy atom. The lowest BCUT2D eigenvalue weighted by atomic mass is 9.35. The van der Waals surface area contributed by atoms with Gasteiger partial charge < -0.3 is 5.32 Å². The monoisotopic (exact) mass is 778 g/mol. The van der Waals surface area contributed by atoms with Gasteiger partial charge in [0.05, 0.1) is 0 Å². The first-order chi connectivity index (χ1) is 26.4. The average Bonchev–Trinajstić information content (AvgIpc) is 3.39. The number of hydrogen-bond acceptors (Lipinski definition) is 1. The van der Waals surface area contributed by atoms with Crippen molar-refractivity contribution in [2.24, 2.45) is 56.7 Å². The van der Waals surface area contributed by atoms with E-state index in [0.717, 1.165) is 42.6 Å². The Bertz CT molecular complexity index is 1150. The van der Waals surface area contributed by atoms with Crippen molar-refractivity contribution in [3.8, 4) is 12.8 Å². The molecule has 0 aromatic carbocycles. The van der Waals surface area contributed by atoms with Crippen LogP contribution in [0.15, 0.2) is 36.1 Å². The second-order valence-electron chi connectivity index (χ2n) is 20.6. The van der Waals surface area contributed by atoms with Gasteiger partial charge in [0.2, 0.25) is 0 Å². The maximum atomic E-state index is 4.45. The highest BCUT2D eigenvalue weighted by molar-refractivity contribution is 5.31. The van der Waals surface area contributed by atoms with Crippen molar-refractivity contribution in [1.29, 1.82) is 0 Å². The third-order valence-electron chi connectivity index (χ3n) is 16.8. The summed E-state index contributed by atoms with van der Waals surface area (Å²) in [5.41, 5.74) is 6.70. The van der Waals surface area contributed by atoms with Crippen LogP contribution in [-0.2, 0) is 0 Å². The average molecular weight is 778 g/mol. The van der Waals surface area contributed by atoms with Crippen molar-refractivity contribution in [2.75, 3.05) is 6.54 Å². The normalized spacial score (nSPS) is 32.3. The second kappa shape index (κ2) is 25.9. The van der Waals surface area contributed by atoms with Gasteiger partial charge in [0, 0.05) is 12.2 Å². The highest BCUT2D eigenvalue weighted by atomic mass is 14.9. The number of terminal acetylenes is 1. The SMILES string of the molecule is C#C.C=C(C)CCCCCNC(=C)CC1CCC2(C)C(=CCC3C2(C)CCC2(C)C(C)(CCCCC(C)C)CC[C@@]32C)C1.CC.CC.CCC(C)CC(C)CC. The zero-order chi connectivity index (χ0) is 43.4. The number of rotatable bonds is 18. The van der Waals surface area contributed by atoms with Crippen molar-refractivity contribution < 1.29 is 0 Å². The molecule has 4 aliphatic rings. The first-order valence-electron chi connectivity index (χ1n) is 24.5. The zero-order valence-electron chi connectivity index (χ0n) is 41.4. The molecule has 0 bridgehead atoms. The van der Waals surface area contributed by atoms with Crippen LogP contribution >= 0.6 is 0 Å². The first-order valence-corrected chi connectivity index (χ1v) is 24.5. The van der Waals surface area contributed by atoms with Gasteiger partial charge >= 0.3 is 0 Å². The van der Waals surface area contributed by atoms with Crippen LogP contribution in [0.5, 0.6) is 0 Å². The quantitative estimate of drug-likeness (QED) is 0.0830. The first kappa shape index (κ1) is 54.6. The molecule has 3 fully saturated rings. The summed E-state index contributed by atoms with van der Waals surface area (Å²) in [6, 6.07) is 0. The minimum Gasteiger partial charge on any atom is -0.389 e. The number of fused-ring (bicyclic) bond motifs is 5. The molecule has 56 heavy (non-hydrogen) atoms. The molecule has 0 aromatic rings. The van der Waals surface area contributed by atoms with E-state index in [9.17, 15) is 0 Å². The molecule has 328 valence electrons. The lowest BCUT2D eigenvalue weighted by molar-refractivity contribution is -0.174. The fourth-order valence-electron chi connectivity index (χ4n) is 12.1. The molecule has 0 amide bonds. The molecule has 0 spiro atoms. The summed E-state index contributed by atoms with van der Waals surface area (Å²) in [5, 5.41) is 3.68. The van der Waals surface area contributed by atoms with Gasteiger partial charge in [-0.1, -0.05) is 166 Å². The maximum Gasteiger partial charge on any atom is 0.0143 e. The smallest absolute Gasteiger partial charge is 0.0143 e. The molecular formula is C55H103N. The summed E-state index contributed by atoms with van der Waals surface area (Å²) >= 11 is 0. The van der Waals surface area contributed by atoms with Gasteiger partial charge in [0.15, 0.2) is 0 Å². The molecule has 1 nitrogen and oxygen atoms in total. The predicted octanol–water partition coefficient (Wildman–Crippen LogP) is 18.0. The van der Waals surface area contributed by atoms with Gasteiger partial charge in [0.1, 0.15) is 0 Å². The minimum absolute atomic E-state index is 0.380. The summed E-state index contributed by atoms with van der Waals surface area (Å²) in [6.07, 6.45) is 37.9. The molecule has 0 heterocycles. The van der Waals surface area contributed by atoms with E-state index in [-0.39, 0.29) is 0 Å². The number of nitrogens with one attached hydrogen (secondary N) is 1. The van der Waals surface area contributed by atoms with Gasteiger partial charge in [-0.15, -0.1) is 19.4 Å².